The highest BCUT2D eigenvalue weighted by atomic mass is 19.4. The van der Waals surface area contributed by atoms with Crippen molar-refractivity contribution in [3.63, 3.8) is 0 Å². The molecule has 0 aliphatic heterocycles. The maximum Gasteiger partial charge on any atom is 0.416 e. The van der Waals surface area contributed by atoms with Gasteiger partial charge in [-0.05, 0) is 29.8 Å². The average molecular weight is 310 g/mol. The van der Waals surface area contributed by atoms with Crippen LogP contribution >= 0.6 is 0 Å². The third-order valence-electron chi connectivity index (χ3n) is 3.02. The Morgan fingerprint density at radius 2 is 1.95 bits per heavy atom. The number of alkyl halides is 3. The van der Waals surface area contributed by atoms with E-state index in [2.05, 4.69) is 15.4 Å². The predicted molar refractivity (Wildman–Crippen MR) is 71.7 cm³/mol. The molecular weight excluding hydrogens is 300 g/mol. The topological polar surface area (TPSA) is 42.2 Å². The van der Waals surface area contributed by atoms with Crippen LogP contribution < -0.4 is 5.32 Å². The molecule has 3 aromatic rings. The zero-order valence-electron chi connectivity index (χ0n) is 11.1. The summed E-state index contributed by atoms with van der Waals surface area (Å²) in [6.45, 7) is 0.0259. The van der Waals surface area contributed by atoms with E-state index in [1.807, 2.05) is 0 Å². The molecule has 0 fully saturated rings. The van der Waals surface area contributed by atoms with Crippen molar-refractivity contribution in [3.05, 3.63) is 59.7 Å². The third kappa shape index (κ3) is 3.00. The van der Waals surface area contributed by atoms with Crippen LogP contribution in [0.3, 0.4) is 0 Å². The van der Waals surface area contributed by atoms with Crippen LogP contribution in [0.25, 0.3) is 5.65 Å². The van der Waals surface area contributed by atoms with E-state index in [4.69, 9.17) is 0 Å². The van der Waals surface area contributed by atoms with Crippen LogP contribution in [0.1, 0.15) is 11.1 Å². The summed E-state index contributed by atoms with van der Waals surface area (Å²) in [5, 5.41) is 6.84. The van der Waals surface area contributed by atoms with Crippen LogP contribution in [-0.4, -0.2) is 14.6 Å². The first-order valence-corrected chi connectivity index (χ1v) is 6.33. The molecule has 114 valence electrons. The van der Waals surface area contributed by atoms with Crippen LogP contribution in [0.5, 0.6) is 0 Å². The number of nitrogens with one attached hydrogen (secondary N) is 1. The Morgan fingerprint density at radius 3 is 2.73 bits per heavy atom. The summed E-state index contributed by atoms with van der Waals surface area (Å²) in [6.07, 6.45) is -1.34. The zero-order valence-corrected chi connectivity index (χ0v) is 11.1. The number of benzene rings is 1. The highest BCUT2D eigenvalue weighted by Crippen LogP contribution is 2.30. The van der Waals surface area contributed by atoms with E-state index < -0.39 is 17.6 Å². The van der Waals surface area contributed by atoms with Crippen molar-refractivity contribution < 1.29 is 17.6 Å². The van der Waals surface area contributed by atoms with Gasteiger partial charge in [0.05, 0.1) is 11.8 Å². The Labute approximate surface area is 122 Å². The Kier molecular flexibility index (Phi) is 3.44. The summed E-state index contributed by atoms with van der Waals surface area (Å²) < 4.78 is 52.8. The summed E-state index contributed by atoms with van der Waals surface area (Å²) in [7, 11) is 0. The molecule has 22 heavy (non-hydrogen) atoms. The molecule has 2 heterocycles. The number of anilines is 1. The van der Waals surface area contributed by atoms with Gasteiger partial charge in [0.2, 0.25) is 0 Å². The minimum atomic E-state index is -4.58. The minimum absolute atomic E-state index is 0.0259. The molecule has 0 atom stereocenters. The minimum Gasteiger partial charge on any atom is -0.366 e. The van der Waals surface area contributed by atoms with Crippen LogP contribution in [0.2, 0.25) is 0 Å². The summed E-state index contributed by atoms with van der Waals surface area (Å²) in [6, 6.07) is 5.76. The van der Waals surface area contributed by atoms with E-state index in [-0.39, 0.29) is 12.1 Å². The summed E-state index contributed by atoms with van der Waals surface area (Å²) >= 11 is 0. The second kappa shape index (κ2) is 5.28. The lowest BCUT2D eigenvalue weighted by atomic mass is 10.1. The highest BCUT2D eigenvalue weighted by Gasteiger charge is 2.31. The van der Waals surface area contributed by atoms with Gasteiger partial charge in [-0.3, -0.25) is 0 Å². The van der Waals surface area contributed by atoms with Crippen molar-refractivity contribution in [1.29, 1.82) is 0 Å². The van der Waals surface area contributed by atoms with Crippen molar-refractivity contribution in [2.45, 2.75) is 12.7 Å². The standard InChI is InChI=1S/C14H10F4N4/c15-11-6-9(5-10(7-11)14(16,17)18)8-19-12-2-4-22-13(21-12)1-3-20-22/h1-7H,8H2,(H,19,21). The lowest BCUT2D eigenvalue weighted by molar-refractivity contribution is -0.137. The molecule has 0 saturated carbocycles. The fraction of sp³-hybridized carbons (Fsp3) is 0.143. The monoisotopic (exact) mass is 310 g/mol. The molecule has 1 aromatic carbocycles. The first-order chi connectivity index (χ1) is 10.4. The van der Waals surface area contributed by atoms with Gasteiger partial charge >= 0.3 is 6.18 Å². The number of halogens is 4. The molecule has 0 aliphatic rings. The normalized spacial score (nSPS) is 11.8. The lowest BCUT2D eigenvalue weighted by Gasteiger charge is -2.10. The van der Waals surface area contributed by atoms with Crippen molar-refractivity contribution in [3.8, 4) is 0 Å². The van der Waals surface area contributed by atoms with Gasteiger partial charge in [-0.25, -0.2) is 13.9 Å². The molecule has 8 heteroatoms. The van der Waals surface area contributed by atoms with E-state index in [1.54, 1.807) is 29.0 Å². The number of hydrogen-bond donors (Lipinski definition) is 1. The third-order valence-corrected chi connectivity index (χ3v) is 3.02. The SMILES string of the molecule is Fc1cc(CNc2ccn3nccc3n2)cc(C(F)(F)F)c1. The van der Waals surface area contributed by atoms with Gasteiger partial charge in [-0.1, -0.05) is 0 Å². The second-order valence-electron chi connectivity index (χ2n) is 4.65. The van der Waals surface area contributed by atoms with E-state index >= 15 is 0 Å². The van der Waals surface area contributed by atoms with Gasteiger partial charge in [-0.2, -0.15) is 18.3 Å². The lowest BCUT2D eigenvalue weighted by Crippen LogP contribution is -2.08. The molecule has 4 nitrogen and oxygen atoms in total. The molecule has 0 bridgehead atoms. The Morgan fingerprint density at radius 1 is 1.14 bits per heavy atom. The molecule has 0 spiro atoms. The highest BCUT2D eigenvalue weighted by molar-refractivity contribution is 5.45. The number of rotatable bonds is 3. The maximum absolute atomic E-state index is 13.3. The Bertz CT molecular complexity index is 810. The van der Waals surface area contributed by atoms with E-state index in [0.29, 0.717) is 17.5 Å². The molecule has 0 unspecified atom stereocenters. The fourth-order valence-corrected chi connectivity index (χ4v) is 2.02. The van der Waals surface area contributed by atoms with Crippen molar-refractivity contribution in [2.75, 3.05) is 5.32 Å². The van der Waals surface area contributed by atoms with E-state index in [9.17, 15) is 17.6 Å². The van der Waals surface area contributed by atoms with E-state index in [0.717, 1.165) is 12.1 Å². The zero-order chi connectivity index (χ0) is 15.7. The second-order valence-corrected chi connectivity index (χ2v) is 4.65. The molecule has 3 rings (SSSR count). The largest absolute Gasteiger partial charge is 0.416 e. The molecule has 0 aliphatic carbocycles. The van der Waals surface area contributed by atoms with Crippen LogP contribution in [-0.2, 0) is 12.7 Å². The van der Waals surface area contributed by atoms with Crippen molar-refractivity contribution in [1.82, 2.24) is 14.6 Å². The Balaban J connectivity index is 1.79. The van der Waals surface area contributed by atoms with Crippen molar-refractivity contribution >= 4 is 11.5 Å². The fourth-order valence-electron chi connectivity index (χ4n) is 2.02. The van der Waals surface area contributed by atoms with Gasteiger partial charge in [0, 0.05) is 18.8 Å². The number of hydrogen-bond acceptors (Lipinski definition) is 3. The van der Waals surface area contributed by atoms with Gasteiger partial charge in [-0.15, -0.1) is 0 Å². The van der Waals surface area contributed by atoms with Crippen LogP contribution in [0.4, 0.5) is 23.4 Å². The first-order valence-electron chi connectivity index (χ1n) is 6.33. The summed E-state index contributed by atoms with van der Waals surface area (Å²) in [4.78, 5) is 4.22. The van der Waals surface area contributed by atoms with E-state index in [1.165, 1.54) is 0 Å². The average Bonchev–Trinajstić information content (AvgIpc) is 2.91. The molecule has 0 radical (unpaired) electrons. The van der Waals surface area contributed by atoms with Crippen LogP contribution in [0.15, 0.2) is 42.7 Å². The smallest absolute Gasteiger partial charge is 0.366 e. The molecule has 1 N–H and O–H groups in total. The molecule has 2 aromatic heterocycles. The number of fused-ring (bicyclic) bond motifs is 1. The van der Waals surface area contributed by atoms with Gasteiger partial charge < -0.3 is 5.32 Å². The summed E-state index contributed by atoms with van der Waals surface area (Å²) in [5.74, 6) is -0.461. The van der Waals surface area contributed by atoms with Crippen molar-refractivity contribution in [2.24, 2.45) is 0 Å². The molecule has 0 saturated heterocycles. The maximum atomic E-state index is 13.3. The summed E-state index contributed by atoms with van der Waals surface area (Å²) in [5.41, 5.74) is -0.230. The van der Waals surface area contributed by atoms with Gasteiger partial charge in [0.25, 0.3) is 0 Å². The van der Waals surface area contributed by atoms with Gasteiger partial charge in [0.1, 0.15) is 11.6 Å². The molecule has 0 amide bonds. The first kappa shape index (κ1) is 14.3. The van der Waals surface area contributed by atoms with Gasteiger partial charge in [0.15, 0.2) is 5.65 Å². The Hall–Kier alpha value is -2.64. The number of aromatic nitrogens is 3. The quantitative estimate of drug-likeness (QED) is 0.753. The molecular formula is C14H10F4N4. The predicted octanol–water partition coefficient (Wildman–Crippen LogP) is 3.50. The van der Waals surface area contributed by atoms with Crippen LogP contribution in [0, 0.1) is 5.82 Å². The number of nitrogens with zero attached hydrogens (tertiary/aromatic N) is 3.